The predicted molar refractivity (Wildman–Crippen MR) is 82.3 cm³/mol. The SMILES string of the molecule is Brc1ccccc1.NS.O=C1CSCCCN1. The Labute approximate surface area is 121 Å². The largest absolute Gasteiger partial charge is 0.355 e. The lowest BCUT2D eigenvalue weighted by atomic mass is 10.4. The number of hydrogen-bond donors (Lipinski definition) is 3. The van der Waals surface area contributed by atoms with Crippen molar-refractivity contribution in [3.63, 3.8) is 0 Å². The maximum atomic E-state index is 10.6. The van der Waals surface area contributed by atoms with E-state index in [1.54, 1.807) is 11.8 Å². The van der Waals surface area contributed by atoms with Gasteiger partial charge in [0.25, 0.3) is 0 Å². The first-order chi connectivity index (χ1) is 8.29. The quantitative estimate of drug-likeness (QED) is 0.638. The monoisotopic (exact) mass is 336 g/mol. The second-order valence-corrected chi connectivity index (χ2v) is 5.07. The van der Waals surface area contributed by atoms with E-state index in [1.165, 1.54) is 0 Å². The molecule has 1 aromatic rings. The summed E-state index contributed by atoms with van der Waals surface area (Å²) in [5.74, 6) is 1.96. The molecule has 0 spiro atoms. The molecular weight excluding hydrogens is 320 g/mol. The van der Waals surface area contributed by atoms with Gasteiger partial charge in [-0.15, -0.1) is 12.8 Å². The summed E-state index contributed by atoms with van der Waals surface area (Å²) in [7, 11) is 0. The van der Waals surface area contributed by atoms with E-state index in [9.17, 15) is 4.79 Å². The van der Waals surface area contributed by atoms with Crippen molar-refractivity contribution in [3.8, 4) is 0 Å². The fraction of sp³-hybridized carbons (Fsp3) is 0.364. The first-order valence-electron chi connectivity index (χ1n) is 5.10. The highest BCUT2D eigenvalue weighted by Crippen LogP contribution is 2.05. The van der Waals surface area contributed by atoms with Crippen LogP contribution in [-0.4, -0.2) is 24.0 Å². The number of benzene rings is 1. The summed E-state index contributed by atoms with van der Waals surface area (Å²) in [5, 5.41) is 6.98. The van der Waals surface area contributed by atoms with E-state index in [1.807, 2.05) is 30.3 Å². The van der Waals surface area contributed by atoms with Crippen LogP contribution in [0.3, 0.4) is 0 Å². The summed E-state index contributed by atoms with van der Waals surface area (Å²) < 4.78 is 1.13. The maximum Gasteiger partial charge on any atom is 0.229 e. The van der Waals surface area contributed by atoms with Crippen molar-refractivity contribution in [3.05, 3.63) is 34.8 Å². The molecule has 0 bridgehead atoms. The molecule has 17 heavy (non-hydrogen) atoms. The summed E-state index contributed by atoms with van der Waals surface area (Å²) in [6.07, 6.45) is 1.12. The van der Waals surface area contributed by atoms with E-state index in [0.29, 0.717) is 5.75 Å². The molecule has 1 fully saturated rings. The lowest BCUT2D eigenvalue weighted by Crippen LogP contribution is -2.23. The third-order valence-electron chi connectivity index (χ3n) is 1.75. The molecule has 1 aliphatic heterocycles. The Morgan fingerprint density at radius 1 is 1.29 bits per heavy atom. The molecule has 0 radical (unpaired) electrons. The van der Waals surface area contributed by atoms with Crippen molar-refractivity contribution in [1.29, 1.82) is 0 Å². The van der Waals surface area contributed by atoms with E-state index in [-0.39, 0.29) is 5.91 Å². The topological polar surface area (TPSA) is 55.1 Å². The van der Waals surface area contributed by atoms with Crippen molar-refractivity contribution < 1.29 is 4.79 Å². The number of rotatable bonds is 0. The molecule has 3 nitrogen and oxygen atoms in total. The maximum absolute atomic E-state index is 10.6. The van der Waals surface area contributed by atoms with Gasteiger partial charge < -0.3 is 5.32 Å². The van der Waals surface area contributed by atoms with Gasteiger partial charge >= 0.3 is 0 Å². The van der Waals surface area contributed by atoms with Crippen molar-refractivity contribution in [2.75, 3.05) is 18.1 Å². The molecule has 0 aliphatic carbocycles. The van der Waals surface area contributed by atoms with Gasteiger partial charge in [-0.25, -0.2) is 0 Å². The van der Waals surface area contributed by atoms with Crippen LogP contribution >= 0.6 is 40.5 Å². The van der Waals surface area contributed by atoms with E-state index >= 15 is 0 Å². The second-order valence-electron chi connectivity index (χ2n) is 3.05. The smallest absolute Gasteiger partial charge is 0.229 e. The van der Waals surface area contributed by atoms with Gasteiger partial charge in [-0.1, -0.05) is 34.1 Å². The van der Waals surface area contributed by atoms with Crippen LogP contribution in [0.5, 0.6) is 0 Å². The molecule has 0 atom stereocenters. The van der Waals surface area contributed by atoms with Gasteiger partial charge in [-0.05, 0) is 24.3 Å². The second kappa shape index (κ2) is 12.3. The molecule has 3 N–H and O–H groups in total. The van der Waals surface area contributed by atoms with Crippen molar-refractivity contribution >= 4 is 46.4 Å². The highest BCUT2D eigenvalue weighted by atomic mass is 79.9. The van der Waals surface area contributed by atoms with Gasteiger partial charge in [0.1, 0.15) is 0 Å². The number of thiol groups is 1. The Balaban J connectivity index is 0.000000265. The van der Waals surface area contributed by atoms with E-state index < -0.39 is 0 Å². The molecule has 0 aromatic heterocycles. The first kappa shape index (κ1) is 16.8. The number of thioether (sulfide) groups is 1. The molecule has 0 unspecified atom stereocenters. The number of carbonyl (C=O) groups excluding carboxylic acids is 1. The number of nitrogens with one attached hydrogen (secondary N) is 1. The fourth-order valence-electron chi connectivity index (χ4n) is 1.03. The van der Waals surface area contributed by atoms with Gasteiger partial charge in [0, 0.05) is 11.0 Å². The van der Waals surface area contributed by atoms with Crippen LogP contribution < -0.4 is 10.5 Å². The highest BCUT2D eigenvalue weighted by molar-refractivity contribution is 9.10. The number of carbonyl (C=O) groups is 1. The normalized spacial score (nSPS) is 14.2. The van der Waals surface area contributed by atoms with E-state index in [4.69, 9.17) is 0 Å². The Morgan fingerprint density at radius 3 is 2.47 bits per heavy atom. The van der Waals surface area contributed by atoms with Crippen LogP contribution in [0, 0.1) is 0 Å². The van der Waals surface area contributed by atoms with E-state index in [2.05, 4.69) is 39.2 Å². The fourth-order valence-corrected chi connectivity index (χ4v) is 2.12. The zero-order valence-electron chi connectivity index (χ0n) is 9.43. The molecule has 1 amide bonds. The van der Waals surface area contributed by atoms with Crippen LogP contribution in [0.4, 0.5) is 0 Å². The lowest BCUT2D eigenvalue weighted by Gasteiger charge is -1.93. The van der Waals surface area contributed by atoms with Crippen molar-refractivity contribution in [2.45, 2.75) is 6.42 Å². The number of hydrogen-bond acceptors (Lipinski definition) is 4. The van der Waals surface area contributed by atoms with Gasteiger partial charge in [0.2, 0.25) is 5.91 Å². The predicted octanol–water partition coefficient (Wildman–Crippen LogP) is 2.48. The summed E-state index contributed by atoms with van der Waals surface area (Å²) in [6.45, 7) is 0.867. The Morgan fingerprint density at radius 2 is 1.94 bits per heavy atom. The molecular formula is C11H17BrN2OS2. The summed E-state index contributed by atoms with van der Waals surface area (Å²) in [4.78, 5) is 10.6. The molecule has 6 heteroatoms. The third kappa shape index (κ3) is 10.7. The van der Waals surface area contributed by atoms with Crippen molar-refractivity contribution in [1.82, 2.24) is 5.32 Å². The first-order valence-corrected chi connectivity index (χ1v) is 7.56. The zero-order valence-corrected chi connectivity index (χ0v) is 12.7. The van der Waals surface area contributed by atoms with Crippen LogP contribution in [0.2, 0.25) is 0 Å². The van der Waals surface area contributed by atoms with Crippen LogP contribution in [0.25, 0.3) is 0 Å². The van der Waals surface area contributed by atoms with E-state index in [0.717, 1.165) is 23.2 Å². The summed E-state index contributed by atoms with van der Waals surface area (Å²) >= 11 is 8.05. The standard InChI is InChI=1S/C6H5Br.C5H9NOS.H3NS/c7-6-4-2-1-3-5-6;7-5-4-8-3-1-2-6-5;1-2/h1-5H;1-4H2,(H,6,7);2H,1H2. The lowest BCUT2D eigenvalue weighted by molar-refractivity contribution is -0.118. The minimum absolute atomic E-state index is 0.188. The van der Waals surface area contributed by atoms with Crippen LogP contribution in [0.15, 0.2) is 34.8 Å². The average molecular weight is 337 g/mol. The third-order valence-corrected chi connectivity index (χ3v) is 3.33. The van der Waals surface area contributed by atoms with Crippen LogP contribution in [0.1, 0.15) is 6.42 Å². The zero-order chi connectivity index (χ0) is 12.9. The minimum atomic E-state index is 0.188. The molecule has 1 aromatic carbocycles. The molecule has 0 saturated carbocycles. The summed E-state index contributed by atoms with van der Waals surface area (Å²) in [5.41, 5.74) is 0. The molecule has 2 rings (SSSR count). The minimum Gasteiger partial charge on any atom is -0.355 e. The average Bonchev–Trinajstić information content (AvgIpc) is 2.61. The van der Waals surface area contributed by atoms with Gasteiger partial charge in [-0.2, -0.15) is 11.8 Å². The molecule has 1 heterocycles. The van der Waals surface area contributed by atoms with Gasteiger partial charge in [0.05, 0.1) is 5.75 Å². The highest BCUT2D eigenvalue weighted by Gasteiger charge is 2.03. The number of amides is 1. The van der Waals surface area contributed by atoms with Gasteiger partial charge in [0.15, 0.2) is 0 Å². The number of halogens is 1. The Hall–Kier alpha value is -0.170. The molecule has 1 saturated heterocycles. The Kier molecular flexibility index (Phi) is 12.2. The summed E-state index contributed by atoms with van der Waals surface area (Å²) in [6, 6.07) is 9.97. The Bertz CT molecular complexity index is 289. The van der Waals surface area contributed by atoms with Crippen molar-refractivity contribution in [2.24, 2.45) is 5.14 Å². The van der Waals surface area contributed by atoms with Gasteiger partial charge in [-0.3, -0.25) is 9.93 Å². The molecule has 1 aliphatic rings. The molecule has 96 valence electrons. The number of nitrogens with two attached hydrogens (primary N) is 1. The van der Waals surface area contributed by atoms with Crippen LogP contribution in [-0.2, 0) is 4.79 Å².